The van der Waals surface area contributed by atoms with Crippen LogP contribution in [0.3, 0.4) is 0 Å². The minimum absolute atomic E-state index is 0.321. The normalized spacial score (nSPS) is 19.7. The van der Waals surface area contributed by atoms with Crippen molar-refractivity contribution in [2.75, 3.05) is 24.2 Å². The first-order valence-electron chi connectivity index (χ1n) is 7.09. The number of para-hydroxylation sites is 1. The number of H-pyrrole nitrogens is 1. The molecule has 0 aliphatic carbocycles. The fourth-order valence-electron chi connectivity index (χ4n) is 2.95. The van der Waals surface area contributed by atoms with Gasteiger partial charge < -0.3 is 9.88 Å². The summed E-state index contributed by atoms with van der Waals surface area (Å²) in [6, 6.07) is 7.23. The molecule has 1 atom stereocenters. The van der Waals surface area contributed by atoms with Crippen LogP contribution in [-0.4, -0.2) is 37.7 Å². The summed E-state index contributed by atoms with van der Waals surface area (Å²) in [5, 5.41) is 0. The van der Waals surface area contributed by atoms with Gasteiger partial charge in [0.2, 0.25) is 0 Å². The van der Waals surface area contributed by atoms with Gasteiger partial charge in [-0.1, -0.05) is 12.1 Å². The first kappa shape index (κ1) is 14.1. The molecule has 1 aliphatic heterocycles. The van der Waals surface area contributed by atoms with Crippen LogP contribution in [0, 0.1) is 0 Å². The second kappa shape index (κ2) is 5.52. The van der Waals surface area contributed by atoms with Crippen LogP contribution < -0.4 is 4.90 Å². The van der Waals surface area contributed by atoms with E-state index in [1.807, 2.05) is 18.3 Å². The Balaban J connectivity index is 1.91. The quantitative estimate of drug-likeness (QED) is 0.944. The van der Waals surface area contributed by atoms with Gasteiger partial charge >= 0.3 is 0 Å². The molecule has 5 nitrogen and oxygen atoms in total. The van der Waals surface area contributed by atoms with Crippen molar-refractivity contribution in [1.82, 2.24) is 9.97 Å². The average molecular weight is 305 g/mol. The smallest absolute Gasteiger partial charge is 0.177 e. The zero-order valence-electron chi connectivity index (χ0n) is 12.0. The second-order valence-corrected chi connectivity index (χ2v) is 7.48. The first-order chi connectivity index (χ1) is 10.1. The number of anilines is 1. The standard InChI is InChI=1S/C15H19N3O2S/c1-21(19,20)14-7-3-2-6-13(14)18-10-4-5-12(11-18)15-16-8-9-17-15/h2-3,6-9,12H,4-5,10-11H2,1H3,(H,16,17). The van der Waals surface area contributed by atoms with Gasteiger partial charge in [-0.25, -0.2) is 13.4 Å². The van der Waals surface area contributed by atoms with E-state index in [0.717, 1.165) is 37.4 Å². The molecule has 0 bridgehead atoms. The number of hydrogen-bond donors (Lipinski definition) is 1. The van der Waals surface area contributed by atoms with Gasteiger partial charge in [0, 0.05) is 37.7 Å². The Hall–Kier alpha value is -1.82. The van der Waals surface area contributed by atoms with Gasteiger partial charge in [0.25, 0.3) is 0 Å². The molecule has 1 aliphatic rings. The van der Waals surface area contributed by atoms with Gasteiger partial charge in [0.15, 0.2) is 9.84 Å². The third-order valence-electron chi connectivity index (χ3n) is 3.93. The number of imidazole rings is 1. The topological polar surface area (TPSA) is 66.1 Å². The minimum Gasteiger partial charge on any atom is -0.370 e. The number of aromatic nitrogens is 2. The lowest BCUT2D eigenvalue weighted by molar-refractivity contribution is 0.492. The molecule has 21 heavy (non-hydrogen) atoms. The Morgan fingerprint density at radius 3 is 2.86 bits per heavy atom. The predicted molar refractivity (Wildman–Crippen MR) is 82.3 cm³/mol. The minimum atomic E-state index is -3.22. The number of nitrogens with zero attached hydrogens (tertiary/aromatic N) is 2. The summed E-state index contributed by atoms with van der Waals surface area (Å²) in [7, 11) is -3.22. The summed E-state index contributed by atoms with van der Waals surface area (Å²) in [5.41, 5.74) is 0.802. The van der Waals surface area contributed by atoms with Gasteiger partial charge in [-0.2, -0.15) is 0 Å². The summed E-state index contributed by atoms with van der Waals surface area (Å²) in [6.07, 6.45) is 6.96. The van der Waals surface area contributed by atoms with E-state index >= 15 is 0 Å². The Labute approximate surface area is 124 Å². The van der Waals surface area contributed by atoms with Gasteiger partial charge in [-0.15, -0.1) is 0 Å². The van der Waals surface area contributed by atoms with E-state index in [9.17, 15) is 8.42 Å². The molecule has 1 N–H and O–H groups in total. The monoisotopic (exact) mass is 305 g/mol. The number of hydrogen-bond acceptors (Lipinski definition) is 4. The van der Waals surface area contributed by atoms with Crippen LogP contribution in [0.4, 0.5) is 5.69 Å². The van der Waals surface area contributed by atoms with Crippen LogP contribution in [0.2, 0.25) is 0 Å². The molecule has 0 spiro atoms. The van der Waals surface area contributed by atoms with Gasteiger partial charge in [0.1, 0.15) is 5.82 Å². The van der Waals surface area contributed by atoms with Crippen molar-refractivity contribution in [1.29, 1.82) is 0 Å². The van der Waals surface area contributed by atoms with E-state index < -0.39 is 9.84 Å². The number of benzene rings is 1. The summed E-state index contributed by atoms with van der Waals surface area (Å²) >= 11 is 0. The summed E-state index contributed by atoms with van der Waals surface area (Å²) in [4.78, 5) is 10.1. The second-order valence-electron chi connectivity index (χ2n) is 5.50. The Bertz CT molecular complexity index is 710. The summed E-state index contributed by atoms with van der Waals surface area (Å²) in [5.74, 6) is 1.30. The fraction of sp³-hybridized carbons (Fsp3) is 0.400. The lowest BCUT2D eigenvalue weighted by Gasteiger charge is -2.34. The van der Waals surface area contributed by atoms with Crippen molar-refractivity contribution in [3.63, 3.8) is 0 Å². The maximum absolute atomic E-state index is 12.0. The summed E-state index contributed by atoms with van der Waals surface area (Å²) < 4.78 is 23.9. The number of rotatable bonds is 3. The molecule has 1 aromatic carbocycles. The van der Waals surface area contributed by atoms with Gasteiger partial charge in [0.05, 0.1) is 10.6 Å². The van der Waals surface area contributed by atoms with Crippen molar-refractivity contribution in [2.45, 2.75) is 23.7 Å². The number of aromatic amines is 1. The molecular formula is C15H19N3O2S. The van der Waals surface area contributed by atoms with E-state index in [4.69, 9.17) is 0 Å². The van der Waals surface area contributed by atoms with Gasteiger partial charge in [-0.05, 0) is 25.0 Å². The Kier molecular flexibility index (Phi) is 3.71. The molecule has 1 saturated heterocycles. The molecule has 112 valence electrons. The van der Waals surface area contributed by atoms with Crippen molar-refractivity contribution in [3.05, 3.63) is 42.5 Å². The van der Waals surface area contributed by atoms with Crippen LogP contribution in [0.25, 0.3) is 0 Å². The highest BCUT2D eigenvalue weighted by molar-refractivity contribution is 7.90. The van der Waals surface area contributed by atoms with Crippen LogP contribution >= 0.6 is 0 Å². The van der Waals surface area contributed by atoms with E-state index in [0.29, 0.717) is 10.8 Å². The van der Waals surface area contributed by atoms with Gasteiger partial charge in [-0.3, -0.25) is 0 Å². The van der Waals surface area contributed by atoms with E-state index in [1.165, 1.54) is 6.26 Å². The van der Waals surface area contributed by atoms with E-state index in [-0.39, 0.29) is 0 Å². The molecule has 1 unspecified atom stereocenters. The van der Waals surface area contributed by atoms with Crippen LogP contribution in [0.1, 0.15) is 24.6 Å². The fourth-order valence-corrected chi connectivity index (χ4v) is 3.85. The van der Waals surface area contributed by atoms with Crippen molar-refractivity contribution < 1.29 is 8.42 Å². The highest BCUT2D eigenvalue weighted by Gasteiger charge is 2.26. The zero-order chi connectivity index (χ0) is 14.9. The SMILES string of the molecule is CS(=O)(=O)c1ccccc1N1CCCC(c2ncc[nH]2)C1. The Morgan fingerprint density at radius 2 is 2.14 bits per heavy atom. The lowest BCUT2D eigenvalue weighted by Crippen LogP contribution is -2.35. The van der Waals surface area contributed by atoms with Crippen LogP contribution in [-0.2, 0) is 9.84 Å². The molecule has 0 amide bonds. The van der Waals surface area contributed by atoms with E-state index in [2.05, 4.69) is 14.9 Å². The molecule has 1 aromatic heterocycles. The van der Waals surface area contributed by atoms with Crippen LogP contribution in [0.5, 0.6) is 0 Å². The van der Waals surface area contributed by atoms with Crippen molar-refractivity contribution >= 4 is 15.5 Å². The summed E-state index contributed by atoms with van der Waals surface area (Å²) in [6.45, 7) is 1.67. The molecule has 3 rings (SSSR count). The number of sulfone groups is 1. The third-order valence-corrected chi connectivity index (χ3v) is 5.08. The molecule has 2 aromatic rings. The number of piperidine rings is 1. The highest BCUT2D eigenvalue weighted by atomic mass is 32.2. The molecule has 6 heteroatoms. The Morgan fingerprint density at radius 1 is 1.33 bits per heavy atom. The lowest BCUT2D eigenvalue weighted by atomic mass is 9.97. The molecular weight excluding hydrogens is 286 g/mol. The van der Waals surface area contributed by atoms with Crippen LogP contribution in [0.15, 0.2) is 41.6 Å². The molecule has 2 heterocycles. The first-order valence-corrected chi connectivity index (χ1v) is 8.98. The highest BCUT2D eigenvalue weighted by Crippen LogP contribution is 2.31. The zero-order valence-corrected chi connectivity index (χ0v) is 12.8. The predicted octanol–water partition coefficient (Wildman–Crippen LogP) is 2.20. The van der Waals surface area contributed by atoms with E-state index in [1.54, 1.807) is 18.3 Å². The average Bonchev–Trinajstić information content (AvgIpc) is 3.01. The molecule has 0 saturated carbocycles. The molecule has 0 radical (unpaired) electrons. The third kappa shape index (κ3) is 2.95. The van der Waals surface area contributed by atoms with Crippen molar-refractivity contribution in [2.24, 2.45) is 0 Å². The van der Waals surface area contributed by atoms with Crippen molar-refractivity contribution in [3.8, 4) is 0 Å². The molecule has 1 fully saturated rings. The largest absolute Gasteiger partial charge is 0.370 e. The maximum Gasteiger partial charge on any atom is 0.177 e. The maximum atomic E-state index is 12.0. The number of nitrogens with one attached hydrogen (secondary N) is 1.